The molecule has 1 aliphatic heterocycles. The Morgan fingerprint density at radius 1 is 1.56 bits per heavy atom. The van der Waals surface area contributed by atoms with Crippen LogP contribution in [-0.2, 0) is 0 Å². The molecule has 1 amide bonds. The Kier molecular flexibility index (Phi) is 3.47. The van der Waals surface area contributed by atoms with Crippen molar-refractivity contribution in [1.29, 1.82) is 0 Å². The van der Waals surface area contributed by atoms with Crippen LogP contribution in [-0.4, -0.2) is 23.4 Å². The van der Waals surface area contributed by atoms with Crippen LogP contribution in [0.25, 0.3) is 0 Å². The van der Waals surface area contributed by atoms with Crippen molar-refractivity contribution in [2.75, 3.05) is 6.54 Å². The van der Waals surface area contributed by atoms with E-state index < -0.39 is 5.82 Å². The third-order valence-corrected chi connectivity index (χ3v) is 3.64. The molecule has 2 nitrogen and oxygen atoms in total. The fourth-order valence-corrected chi connectivity index (χ4v) is 2.54. The van der Waals surface area contributed by atoms with Gasteiger partial charge in [-0.25, -0.2) is 4.39 Å². The Balaban J connectivity index is 2.29. The van der Waals surface area contributed by atoms with Crippen LogP contribution in [0.4, 0.5) is 4.39 Å². The van der Waals surface area contributed by atoms with Gasteiger partial charge >= 0.3 is 0 Å². The summed E-state index contributed by atoms with van der Waals surface area (Å²) in [6, 6.07) is 4.86. The normalized spacial score (nSPS) is 20.2. The number of hydrogen-bond donors (Lipinski definition) is 0. The summed E-state index contributed by atoms with van der Waals surface area (Å²) in [6.07, 6.45) is 2.02. The van der Waals surface area contributed by atoms with Gasteiger partial charge in [0.05, 0.1) is 5.56 Å². The van der Waals surface area contributed by atoms with E-state index in [1.165, 1.54) is 6.07 Å². The molecule has 1 atom stereocenters. The molecule has 1 saturated heterocycles. The molecule has 0 spiro atoms. The molecule has 0 radical (unpaired) electrons. The summed E-state index contributed by atoms with van der Waals surface area (Å²) in [5.41, 5.74) is 0.195. The lowest BCUT2D eigenvalue weighted by Gasteiger charge is -2.21. The van der Waals surface area contributed by atoms with Crippen molar-refractivity contribution in [3.63, 3.8) is 0 Å². The number of hydrogen-bond acceptors (Lipinski definition) is 1. The Labute approximate surface area is 108 Å². The summed E-state index contributed by atoms with van der Waals surface area (Å²) in [5.74, 6) is -0.606. The first-order valence-corrected chi connectivity index (χ1v) is 6.43. The smallest absolute Gasteiger partial charge is 0.257 e. The van der Waals surface area contributed by atoms with Gasteiger partial charge in [0.2, 0.25) is 0 Å². The SMILES string of the molecule is C[C@@H]1CCCN1C(=O)c1cc(I)ccc1F. The Morgan fingerprint density at radius 3 is 2.94 bits per heavy atom. The first kappa shape index (κ1) is 11.8. The molecular formula is C12H13FINO. The van der Waals surface area contributed by atoms with Gasteiger partial charge in [0, 0.05) is 16.2 Å². The summed E-state index contributed by atoms with van der Waals surface area (Å²) in [5, 5.41) is 0. The zero-order valence-electron chi connectivity index (χ0n) is 9.04. The van der Waals surface area contributed by atoms with E-state index in [4.69, 9.17) is 0 Å². The molecule has 16 heavy (non-hydrogen) atoms. The molecule has 1 heterocycles. The average Bonchev–Trinajstić information content (AvgIpc) is 2.67. The van der Waals surface area contributed by atoms with Gasteiger partial charge in [0.15, 0.2) is 0 Å². The standard InChI is InChI=1S/C12H13FINO/c1-8-3-2-6-15(8)12(16)10-7-9(14)4-5-11(10)13/h4-5,7-8H,2-3,6H2,1H3/t8-/m1/s1. The highest BCUT2D eigenvalue weighted by atomic mass is 127. The second-order valence-corrected chi connectivity index (χ2v) is 5.36. The average molecular weight is 333 g/mol. The number of benzene rings is 1. The maximum Gasteiger partial charge on any atom is 0.257 e. The fourth-order valence-electron chi connectivity index (χ4n) is 2.05. The zero-order valence-corrected chi connectivity index (χ0v) is 11.2. The van der Waals surface area contributed by atoms with E-state index >= 15 is 0 Å². The van der Waals surface area contributed by atoms with E-state index in [1.807, 2.05) is 6.92 Å². The lowest BCUT2D eigenvalue weighted by Crippen LogP contribution is -2.34. The number of likely N-dealkylation sites (tertiary alicyclic amines) is 1. The van der Waals surface area contributed by atoms with Crippen molar-refractivity contribution in [2.24, 2.45) is 0 Å². The number of rotatable bonds is 1. The van der Waals surface area contributed by atoms with E-state index in [0.29, 0.717) is 0 Å². The molecular weight excluding hydrogens is 320 g/mol. The maximum atomic E-state index is 13.5. The summed E-state index contributed by atoms with van der Waals surface area (Å²) in [6.45, 7) is 2.75. The Morgan fingerprint density at radius 2 is 2.31 bits per heavy atom. The van der Waals surface area contributed by atoms with Crippen molar-refractivity contribution >= 4 is 28.5 Å². The molecule has 0 saturated carbocycles. The Bertz CT molecular complexity index is 421. The summed E-state index contributed by atoms with van der Waals surface area (Å²) < 4.78 is 14.4. The second-order valence-electron chi connectivity index (χ2n) is 4.11. The summed E-state index contributed by atoms with van der Waals surface area (Å²) >= 11 is 2.09. The second kappa shape index (κ2) is 4.69. The number of halogens is 2. The van der Waals surface area contributed by atoms with Gasteiger partial charge < -0.3 is 4.90 Å². The van der Waals surface area contributed by atoms with Gasteiger partial charge in [0.25, 0.3) is 5.91 Å². The van der Waals surface area contributed by atoms with Crippen LogP contribution in [0.2, 0.25) is 0 Å². The van der Waals surface area contributed by atoms with Gasteiger partial charge in [-0.3, -0.25) is 4.79 Å². The third-order valence-electron chi connectivity index (χ3n) is 2.97. The van der Waals surface area contributed by atoms with Crippen molar-refractivity contribution in [3.8, 4) is 0 Å². The first-order valence-electron chi connectivity index (χ1n) is 5.35. The summed E-state index contributed by atoms with van der Waals surface area (Å²) in [4.78, 5) is 13.9. The molecule has 0 N–H and O–H groups in total. The van der Waals surface area contributed by atoms with E-state index in [9.17, 15) is 9.18 Å². The Hall–Kier alpha value is -0.650. The predicted octanol–water partition coefficient (Wildman–Crippen LogP) is 3.05. The van der Waals surface area contributed by atoms with Crippen LogP contribution in [0.5, 0.6) is 0 Å². The van der Waals surface area contributed by atoms with Gasteiger partial charge in [-0.05, 0) is 60.6 Å². The van der Waals surface area contributed by atoms with E-state index in [0.717, 1.165) is 23.0 Å². The number of carbonyl (C=O) groups is 1. The molecule has 0 bridgehead atoms. The highest BCUT2D eigenvalue weighted by molar-refractivity contribution is 14.1. The van der Waals surface area contributed by atoms with Crippen LogP contribution in [0.1, 0.15) is 30.1 Å². The molecule has 1 aliphatic rings. The van der Waals surface area contributed by atoms with E-state index in [1.54, 1.807) is 17.0 Å². The zero-order chi connectivity index (χ0) is 11.7. The molecule has 0 unspecified atom stereocenters. The molecule has 2 rings (SSSR count). The predicted molar refractivity (Wildman–Crippen MR) is 68.8 cm³/mol. The quantitative estimate of drug-likeness (QED) is 0.724. The van der Waals surface area contributed by atoms with Crippen molar-refractivity contribution in [1.82, 2.24) is 4.90 Å². The highest BCUT2D eigenvalue weighted by Gasteiger charge is 2.27. The molecule has 1 aromatic carbocycles. The van der Waals surface area contributed by atoms with Gasteiger partial charge in [0.1, 0.15) is 5.82 Å². The fraction of sp³-hybridized carbons (Fsp3) is 0.417. The van der Waals surface area contributed by atoms with Crippen LogP contribution < -0.4 is 0 Å². The summed E-state index contributed by atoms with van der Waals surface area (Å²) in [7, 11) is 0. The van der Waals surface area contributed by atoms with Crippen molar-refractivity contribution in [3.05, 3.63) is 33.1 Å². The third kappa shape index (κ3) is 2.21. The minimum atomic E-state index is -0.426. The maximum absolute atomic E-state index is 13.5. The van der Waals surface area contributed by atoms with Gasteiger partial charge in [-0.1, -0.05) is 0 Å². The molecule has 4 heteroatoms. The van der Waals surface area contributed by atoms with Crippen molar-refractivity contribution in [2.45, 2.75) is 25.8 Å². The number of amides is 1. The first-order chi connectivity index (χ1) is 7.59. The number of carbonyl (C=O) groups excluding carboxylic acids is 1. The van der Waals surface area contributed by atoms with Crippen LogP contribution >= 0.6 is 22.6 Å². The molecule has 0 aromatic heterocycles. The minimum Gasteiger partial charge on any atom is -0.336 e. The largest absolute Gasteiger partial charge is 0.336 e. The van der Waals surface area contributed by atoms with Gasteiger partial charge in [-0.2, -0.15) is 0 Å². The molecule has 86 valence electrons. The molecule has 0 aliphatic carbocycles. The molecule has 1 fully saturated rings. The van der Waals surface area contributed by atoms with Gasteiger partial charge in [-0.15, -0.1) is 0 Å². The lowest BCUT2D eigenvalue weighted by molar-refractivity contribution is 0.0742. The van der Waals surface area contributed by atoms with Crippen LogP contribution in [0.15, 0.2) is 18.2 Å². The van der Waals surface area contributed by atoms with Crippen LogP contribution in [0, 0.1) is 9.39 Å². The topological polar surface area (TPSA) is 20.3 Å². The minimum absolute atomic E-state index is 0.180. The lowest BCUT2D eigenvalue weighted by atomic mass is 10.1. The van der Waals surface area contributed by atoms with Crippen molar-refractivity contribution < 1.29 is 9.18 Å². The van der Waals surface area contributed by atoms with Crippen LogP contribution in [0.3, 0.4) is 0 Å². The number of nitrogens with zero attached hydrogens (tertiary/aromatic N) is 1. The van der Waals surface area contributed by atoms with E-state index in [-0.39, 0.29) is 17.5 Å². The highest BCUT2D eigenvalue weighted by Crippen LogP contribution is 2.21. The van der Waals surface area contributed by atoms with E-state index in [2.05, 4.69) is 22.6 Å². The monoisotopic (exact) mass is 333 g/mol. The molecule has 1 aromatic rings.